The minimum atomic E-state index is 0.0750. The molecule has 0 saturated heterocycles. The van der Waals surface area contributed by atoms with Gasteiger partial charge in [-0.25, -0.2) is 0 Å². The quantitative estimate of drug-likeness (QED) is 0.794. The van der Waals surface area contributed by atoms with E-state index >= 15 is 0 Å². The Balaban J connectivity index is 2.10. The standard InChI is InChI=1S/C16H20N2O/c1-18(2)13-10-16(14-6-4-3-5-7-14)19-15-8-11-17-12-9-15/h3-9,11-12,16H,10,13H2,1-2H3. The molecule has 1 heterocycles. The zero-order chi connectivity index (χ0) is 13.5. The molecule has 0 aliphatic rings. The molecule has 0 spiro atoms. The highest BCUT2D eigenvalue weighted by atomic mass is 16.5. The van der Waals surface area contributed by atoms with Crippen molar-refractivity contribution in [2.75, 3.05) is 20.6 Å². The molecule has 3 nitrogen and oxygen atoms in total. The van der Waals surface area contributed by atoms with Gasteiger partial charge in [0.1, 0.15) is 11.9 Å². The average Bonchev–Trinajstić information content (AvgIpc) is 2.45. The van der Waals surface area contributed by atoms with Crippen LogP contribution >= 0.6 is 0 Å². The van der Waals surface area contributed by atoms with Crippen molar-refractivity contribution in [3.8, 4) is 5.75 Å². The van der Waals surface area contributed by atoms with Crippen molar-refractivity contribution < 1.29 is 4.74 Å². The lowest BCUT2D eigenvalue weighted by molar-refractivity contribution is 0.179. The molecule has 0 aliphatic heterocycles. The van der Waals surface area contributed by atoms with Crippen molar-refractivity contribution in [2.45, 2.75) is 12.5 Å². The molecule has 1 aromatic heterocycles. The molecule has 3 heteroatoms. The van der Waals surface area contributed by atoms with E-state index in [9.17, 15) is 0 Å². The van der Waals surface area contributed by atoms with E-state index in [-0.39, 0.29) is 6.10 Å². The zero-order valence-electron chi connectivity index (χ0n) is 11.5. The van der Waals surface area contributed by atoms with E-state index in [1.807, 2.05) is 30.3 Å². The summed E-state index contributed by atoms with van der Waals surface area (Å²) in [6, 6.07) is 14.1. The first-order valence-electron chi connectivity index (χ1n) is 6.52. The Morgan fingerprint density at radius 1 is 1.05 bits per heavy atom. The van der Waals surface area contributed by atoms with Crippen LogP contribution in [0.1, 0.15) is 18.1 Å². The molecule has 2 aromatic rings. The second-order valence-electron chi connectivity index (χ2n) is 4.79. The number of ether oxygens (including phenoxy) is 1. The van der Waals surface area contributed by atoms with Gasteiger partial charge in [0.25, 0.3) is 0 Å². The maximum atomic E-state index is 6.08. The predicted octanol–water partition coefficient (Wildman–Crippen LogP) is 3.15. The van der Waals surface area contributed by atoms with E-state index < -0.39 is 0 Å². The van der Waals surface area contributed by atoms with Gasteiger partial charge in [-0.15, -0.1) is 0 Å². The van der Waals surface area contributed by atoms with E-state index in [1.54, 1.807) is 12.4 Å². The summed E-state index contributed by atoms with van der Waals surface area (Å²) in [5.74, 6) is 0.864. The molecule has 1 atom stereocenters. The second kappa shape index (κ2) is 6.90. The van der Waals surface area contributed by atoms with Crippen LogP contribution in [0.15, 0.2) is 54.9 Å². The summed E-state index contributed by atoms with van der Waals surface area (Å²) in [4.78, 5) is 6.18. The highest BCUT2D eigenvalue weighted by molar-refractivity contribution is 5.22. The second-order valence-corrected chi connectivity index (χ2v) is 4.79. The molecule has 0 aliphatic carbocycles. The first kappa shape index (κ1) is 13.6. The third-order valence-corrected chi connectivity index (χ3v) is 2.94. The number of nitrogens with zero attached hydrogens (tertiary/aromatic N) is 2. The number of rotatable bonds is 6. The SMILES string of the molecule is CN(C)CCC(Oc1ccncc1)c1ccccc1. The summed E-state index contributed by atoms with van der Waals surface area (Å²) < 4.78 is 6.08. The summed E-state index contributed by atoms with van der Waals surface area (Å²) in [6.07, 6.45) is 4.54. The van der Waals surface area contributed by atoms with Crippen LogP contribution in [0.5, 0.6) is 5.75 Å². The Morgan fingerprint density at radius 2 is 1.74 bits per heavy atom. The van der Waals surface area contributed by atoms with Gasteiger partial charge in [-0.1, -0.05) is 30.3 Å². The van der Waals surface area contributed by atoms with Gasteiger partial charge >= 0.3 is 0 Å². The molecule has 0 radical (unpaired) electrons. The minimum absolute atomic E-state index is 0.0750. The van der Waals surface area contributed by atoms with Gasteiger partial charge in [-0.2, -0.15) is 0 Å². The van der Waals surface area contributed by atoms with Gasteiger partial charge in [0, 0.05) is 25.4 Å². The summed E-state index contributed by atoms with van der Waals surface area (Å²) in [5, 5.41) is 0. The van der Waals surface area contributed by atoms with E-state index in [4.69, 9.17) is 4.74 Å². The Bertz CT molecular complexity index is 471. The number of aromatic nitrogens is 1. The molecule has 0 bridgehead atoms. The summed E-state index contributed by atoms with van der Waals surface area (Å²) in [7, 11) is 4.16. The van der Waals surface area contributed by atoms with E-state index in [1.165, 1.54) is 5.56 Å². The number of hydrogen-bond donors (Lipinski definition) is 0. The Morgan fingerprint density at radius 3 is 2.37 bits per heavy atom. The maximum Gasteiger partial charge on any atom is 0.125 e. The van der Waals surface area contributed by atoms with E-state index in [0.717, 1.165) is 18.7 Å². The van der Waals surface area contributed by atoms with Crippen molar-refractivity contribution in [3.05, 3.63) is 60.4 Å². The Hall–Kier alpha value is -1.87. The fourth-order valence-electron chi connectivity index (χ4n) is 1.92. The molecule has 0 N–H and O–H groups in total. The third-order valence-electron chi connectivity index (χ3n) is 2.94. The van der Waals surface area contributed by atoms with E-state index in [0.29, 0.717) is 0 Å². The lowest BCUT2D eigenvalue weighted by atomic mass is 10.1. The molecule has 0 saturated carbocycles. The van der Waals surface area contributed by atoms with Gasteiger partial charge < -0.3 is 9.64 Å². The van der Waals surface area contributed by atoms with Crippen molar-refractivity contribution in [1.82, 2.24) is 9.88 Å². The smallest absolute Gasteiger partial charge is 0.125 e. The van der Waals surface area contributed by atoms with Gasteiger partial charge in [-0.3, -0.25) is 4.98 Å². The largest absolute Gasteiger partial charge is 0.486 e. The molecule has 1 unspecified atom stereocenters. The molecule has 2 rings (SSSR count). The fourth-order valence-corrected chi connectivity index (χ4v) is 1.92. The molecule has 0 fully saturated rings. The molecular formula is C16H20N2O. The van der Waals surface area contributed by atoms with Crippen LogP contribution in [0.4, 0.5) is 0 Å². The first-order chi connectivity index (χ1) is 9.25. The van der Waals surface area contributed by atoms with Gasteiger partial charge in [0.2, 0.25) is 0 Å². The monoisotopic (exact) mass is 256 g/mol. The third kappa shape index (κ3) is 4.38. The molecule has 100 valence electrons. The summed E-state index contributed by atoms with van der Waals surface area (Å²) >= 11 is 0. The maximum absolute atomic E-state index is 6.08. The predicted molar refractivity (Wildman–Crippen MR) is 77.2 cm³/mol. The van der Waals surface area contributed by atoms with Gasteiger partial charge in [0.15, 0.2) is 0 Å². The van der Waals surface area contributed by atoms with E-state index in [2.05, 4.69) is 36.1 Å². The first-order valence-corrected chi connectivity index (χ1v) is 6.52. The number of pyridine rings is 1. The number of hydrogen-bond acceptors (Lipinski definition) is 3. The zero-order valence-corrected chi connectivity index (χ0v) is 11.5. The highest BCUT2D eigenvalue weighted by Gasteiger charge is 2.13. The normalized spacial score (nSPS) is 12.4. The van der Waals surface area contributed by atoms with Gasteiger partial charge in [-0.05, 0) is 31.8 Å². The summed E-state index contributed by atoms with van der Waals surface area (Å²) in [6.45, 7) is 0.991. The average molecular weight is 256 g/mol. The van der Waals surface area contributed by atoms with Crippen LogP contribution in [-0.2, 0) is 0 Å². The van der Waals surface area contributed by atoms with Gasteiger partial charge in [0.05, 0.1) is 0 Å². The topological polar surface area (TPSA) is 25.4 Å². The van der Waals surface area contributed by atoms with Crippen LogP contribution in [0.2, 0.25) is 0 Å². The van der Waals surface area contributed by atoms with Crippen LogP contribution in [-0.4, -0.2) is 30.5 Å². The van der Waals surface area contributed by atoms with Crippen LogP contribution in [0.3, 0.4) is 0 Å². The van der Waals surface area contributed by atoms with Crippen molar-refractivity contribution >= 4 is 0 Å². The van der Waals surface area contributed by atoms with Crippen LogP contribution in [0, 0.1) is 0 Å². The van der Waals surface area contributed by atoms with Crippen molar-refractivity contribution in [3.63, 3.8) is 0 Å². The lowest BCUT2D eigenvalue weighted by Crippen LogP contribution is -2.18. The highest BCUT2D eigenvalue weighted by Crippen LogP contribution is 2.24. The molecule has 1 aromatic carbocycles. The van der Waals surface area contributed by atoms with Crippen molar-refractivity contribution in [1.29, 1.82) is 0 Å². The van der Waals surface area contributed by atoms with Crippen molar-refractivity contribution in [2.24, 2.45) is 0 Å². The number of benzene rings is 1. The fraction of sp³-hybridized carbons (Fsp3) is 0.312. The minimum Gasteiger partial charge on any atom is -0.486 e. The van der Waals surface area contributed by atoms with Crippen LogP contribution < -0.4 is 4.74 Å². The Labute approximate surface area is 114 Å². The lowest BCUT2D eigenvalue weighted by Gasteiger charge is -2.21. The van der Waals surface area contributed by atoms with Crippen LogP contribution in [0.25, 0.3) is 0 Å². The molecule has 0 amide bonds. The molecule has 19 heavy (non-hydrogen) atoms. The Kier molecular flexibility index (Phi) is 4.93. The summed E-state index contributed by atoms with van der Waals surface area (Å²) in [5.41, 5.74) is 1.21. The molecular weight excluding hydrogens is 236 g/mol.